The zero-order valence-electron chi connectivity index (χ0n) is 10.7. The Hall–Kier alpha value is -1.85. The highest BCUT2D eigenvalue weighted by molar-refractivity contribution is 7.79. The summed E-state index contributed by atoms with van der Waals surface area (Å²) in [4.78, 5) is 24.0. The number of carbonyl (C=O) groups excluding carboxylic acids is 2. The molecule has 100 valence electrons. The number of ketones is 2. The van der Waals surface area contributed by atoms with Crippen LogP contribution in [0.3, 0.4) is 0 Å². The first kappa shape index (κ1) is 15.2. The van der Waals surface area contributed by atoms with Gasteiger partial charge in [0.2, 0.25) is 0 Å². The summed E-state index contributed by atoms with van der Waals surface area (Å²) in [5.74, 6) is -0.959. The first-order chi connectivity index (χ1) is 8.77. The fourth-order valence-electron chi connectivity index (χ4n) is 1.54. The lowest BCUT2D eigenvalue weighted by Gasteiger charge is -2.11. The van der Waals surface area contributed by atoms with Crippen molar-refractivity contribution in [3.63, 3.8) is 0 Å². The summed E-state index contributed by atoms with van der Waals surface area (Å²) in [5, 5.41) is 0. The van der Waals surface area contributed by atoms with Crippen LogP contribution in [0.15, 0.2) is 47.4 Å². The quantitative estimate of drug-likeness (QED) is 0.510. The Morgan fingerprint density at radius 3 is 2.05 bits per heavy atom. The van der Waals surface area contributed by atoms with Crippen molar-refractivity contribution in [1.29, 1.82) is 0 Å². The van der Waals surface area contributed by atoms with E-state index in [1.807, 2.05) is 0 Å². The average Bonchev–Trinajstić information content (AvgIpc) is 2.35. The molecule has 0 radical (unpaired) electrons. The lowest BCUT2D eigenvalue weighted by Crippen LogP contribution is -2.14. The van der Waals surface area contributed by atoms with Gasteiger partial charge >= 0.3 is 0 Å². The zero-order chi connectivity index (χ0) is 14.7. The van der Waals surface area contributed by atoms with E-state index in [1.54, 1.807) is 0 Å². The molecule has 0 aliphatic carbocycles. The van der Waals surface area contributed by atoms with E-state index in [9.17, 15) is 18.4 Å². The topological polar surface area (TPSA) is 71.4 Å². The summed E-state index contributed by atoms with van der Waals surface area (Å²) in [6, 6.07) is 4.22. The predicted molar refractivity (Wildman–Crippen MR) is 73.8 cm³/mol. The molecule has 1 atom stereocenters. The van der Waals surface area contributed by atoms with Gasteiger partial charge in [0.1, 0.15) is 0 Å². The molecule has 5 heteroatoms. The number of rotatable bonds is 5. The third kappa shape index (κ3) is 3.13. The monoisotopic (exact) mass is 278 g/mol. The molecule has 0 heterocycles. The van der Waals surface area contributed by atoms with Crippen LogP contribution in [0.5, 0.6) is 0 Å². The second-order valence-corrected chi connectivity index (χ2v) is 5.08. The molecule has 0 bridgehead atoms. The van der Waals surface area contributed by atoms with Crippen molar-refractivity contribution in [3.8, 4) is 0 Å². The number of carbonyl (C=O) groups is 2. The van der Waals surface area contributed by atoms with E-state index in [1.165, 1.54) is 32.0 Å². The molecule has 0 amide bonds. The van der Waals surface area contributed by atoms with Crippen LogP contribution in [0.2, 0.25) is 0 Å². The Morgan fingerprint density at radius 1 is 1.11 bits per heavy atom. The normalized spacial score (nSPS) is 11.7. The van der Waals surface area contributed by atoms with Crippen LogP contribution in [0.1, 0.15) is 34.6 Å². The van der Waals surface area contributed by atoms with Crippen molar-refractivity contribution in [2.45, 2.75) is 18.7 Å². The van der Waals surface area contributed by atoms with Gasteiger partial charge in [-0.3, -0.25) is 9.59 Å². The molecule has 0 saturated heterocycles. The summed E-state index contributed by atoms with van der Waals surface area (Å²) in [6.45, 7) is 10.0. The zero-order valence-corrected chi connectivity index (χ0v) is 11.5. The largest absolute Gasteiger partial charge is 0.302 e. The predicted octanol–water partition coefficient (Wildman–Crippen LogP) is 2.78. The van der Waals surface area contributed by atoms with Crippen molar-refractivity contribution >= 4 is 22.6 Å². The van der Waals surface area contributed by atoms with E-state index in [4.69, 9.17) is 0 Å². The third-order valence-electron chi connectivity index (χ3n) is 2.46. The Kier molecular flexibility index (Phi) is 4.69. The molecule has 0 saturated carbocycles. The summed E-state index contributed by atoms with van der Waals surface area (Å²) in [6.07, 6.45) is 0. The van der Waals surface area contributed by atoms with E-state index in [2.05, 4.69) is 13.2 Å². The molecule has 0 fully saturated rings. The molecule has 1 rings (SSSR count). The van der Waals surface area contributed by atoms with Gasteiger partial charge in [0.15, 0.2) is 22.6 Å². The molecular formula is C14H14O4S. The maximum atomic E-state index is 12.1. The lowest BCUT2D eigenvalue weighted by atomic mass is 9.95. The molecule has 0 spiro atoms. The Labute approximate surface area is 114 Å². The van der Waals surface area contributed by atoms with E-state index in [-0.39, 0.29) is 27.2 Å². The van der Waals surface area contributed by atoms with Crippen molar-refractivity contribution in [3.05, 3.63) is 53.6 Å². The summed E-state index contributed by atoms with van der Waals surface area (Å²) >= 11 is -2.36. The van der Waals surface area contributed by atoms with Crippen LogP contribution in [0.4, 0.5) is 0 Å². The fourth-order valence-corrected chi connectivity index (χ4v) is 2.12. The van der Waals surface area contributed by atoms with Gasteiger partial charge in [-0.2, -0.15) is 0 Å². The van der Waals surface area contributed by atoms with E-state index >= 15 is 0 Å². The molecule has 0 aromatic heterocycles. The first-order valence-corrected chi connectivity index (χ1v) is 6.52. The van der Waals surface area contributed by atoms with Gasteiger partial charge in [-0.05, 0) is 31.1 Å². The maximum absolute atomic E-state index is 12.1. The lowest BCUT2D eigenvalue weighted by molar-refractivity contribution is 0.0997. The Balaban J connectivity index is 3.65. The number of hydrogen-bond donors (Lipinski definition) is 1. The fraction of sp³-hybridized carbons (Fsp3) is 0.143. The Morgan fingerprint density at radius 2 is 1.63 bits per heavy atom. The number of allylic oxidation sites excluding steroid dienone is 2. The van der Waals surface area contributed by atoms with E-state index in [0.29, 0.717) is 0 Å². The Bertz CT molecular complexity index is 614. The molecule has 19 heavy (non-hydrogen) atoms. The number of Topliss-reactive ketones (excluding diaryl/α,β-unsaturated/α-hetero) is 2. The van der Waals surface area contributed by atoms with Crippen molar-refractivity contribution in [2.24, 2.45) is 0 Å². The van der Waals surface area contributed by atoms with Crippen LogP contribution in [-0.4, -0.2) is 20.3 Å². The van der Waals surface area contributed by atoms with Crippen LogP contribution in [-0.2, 0) is 11.1 Å². The van der Waals surface area contributed by atoms with Gasteiger partial charge in [-0.15, -0.1) is 0 Å². The molecule has 1 unspecified atom stereocenters. The molecule has 4 nitrogen and oxygen atoms in total. The highest BCUT2D eigenvalue weighted by Gasteiger charge is 2.23. The molecule has 1 aromatic rings. The molecular weight excluding hydrogens is 264 g/mol. The van der Waals surface area contributed by atoms with Gasteiger partial charge < -0.3 is 4.55 Å². The van der Waals surface area contributed by atoms with Gasteiger partial charge in [-0.1, -0.05) is 25.3 Å². The average molecular weight is 278 g/mol. The maximum Gasteiger partial charge on any atom is 0.190 e. The smallest absolute Gasteiger partial charge is 0.190 e. The summed E-state index contributed by atoms with van der Waals surface area (Å²) in [5.41, 5.74) is 0.425. The first-order valence-electron chi connectivity index (χ1n) is 5.41. The van der Waals surface area contributed by atoms with Crippen LogP contribution in [0.25, 0.3) is 0 Å². The van der Waals surface area contributed by atoms with E-state index in [0.717, 1.165) is 0 Å². The second kappa shape index (κ2) is 5.86. The standard InChI is InChI=1S/C14H14O4S/c1-8(2)13(15)10-6-5-7-11(19(17)18)12(10)14(16)9(3)4/h5-7H,1,3H2,2,4H3,(H,17,18). The summed E-state index contributed by atoms with van der Waals surface area (Å²) < 4.78 is 20.5. The van der Waals surface area contributed by atoms with Crippen LogP contribution < -0.4 is 0 Å². The van der Waals surface area contributed by atoms with Crippen molar-refractivity contribution in [1.82, 2.24) is 0 Å². The van der Waals surface area contributed by atoms with Gasteiger partial charge in [0, 0.05) is 5.56 Å². The molecule has 1 aromatic carbocycles. The highest BCUT2D eigenvalue weighted by Crippen LogP contribution is 2.23. The minimum Gasteiger partial charge on any atom is -0.302 e. The number of benzene rings is 1. The van der Waals surface area contributed by atoms with Gasteiger partial charge in [0.05, 0.1) is 10.5 Å². The van der Waals surface area contributed by atoms with Gasteiger partial charge in [-0.25, -0.2) is 4.21 Å². The molecule has 0 aliphatic heterocycles. The van der Waals surface area contributed by atoms with E-state index < -0.39 is 22.6 Å². The summed E-state index contributed by atoms with van der Waals surface area (Å²) in [7, 11) is 0. The molecule has 1 N–H and O–H groups in total. The third-order valence-corrected chi connectivity index (χ3v) is 3.18. The van der Waals surface area contributed by atoms with Crippen molar-refractivity contribution in [2.75, 3.05) is 0 Å². The highest BCUT2D eigenvalue weighted by atomic mass is 32.2. The van der Waals surface area contributed by atoms with Crippen LogP contribution in [0, 0.1) is 0 Å². The van der Waals surface area contributed by atoms with Crippen LogP contribution >= 0.6 is 0 Å². The minimum atomic E-state index is -2.36. The SMILES string of the molecule is C=C(C)C(=O)c1cccc(S(=O)O)c1C(=O)C(=C)C. The van der Waals surface area contributed by atoms with Crippen molar-refractivity contribution < 1.29 is 18.4 Å². The van der Waals surface area contributed by atoms with Gasteiger partial charge in [0.25, 0.3) is 0 Å². The second-order valence-electron chi connectivity index (χ2n) is 4.15. The molecule has 0 aliphatic rings. The number of hydrogen-bond acceptors (Lipinski definition) is 3. The minimum absolute atomic E-state index is 0.0698.